The van der Waals surface area contributed by atoms with Crippen LogP contribution in [0.4, 0.5) is 5.88 Å². The molecule has 0 atom stereocenters. The minimum Gasteiger partial charge on any atom is -0.507 e. The molecule has 0 unspecified atom stereocenters. The zero-order valence-corrected chi connectivity index (χ0v) is 9.27. The van der Waals surface area contributed by atoms with Crippen LogP contribution < -0.4 is 5.73 Å². The lowest BCUT2D eigenvalue weighted by molar-refractivity contribution is 0.436. The first-order valence-corrected chi connectivity index (χ1v) is 5.13. The van der Waals surface area contributed by atoms with Gasteiger partial charge in [-0.05, 0) is 11.5 Å². The molecule has 0 aliphatic heterocycles. The van der Waals surface area contributed by atoms with E-state index >= 15 is 0 Å². The first-order valence-electron chi connectivity index (χ1n) is 5.13. The third-order valence-corrected chi connectivity index (χ3v) is 2.58. The first kappa shape index (κ1) is 10.5. The summed E-state index contributed by atoms with van der Waals surface area (Å²) in [4.78, 5) is 0. The van der Waals surface area contributed by atoms with Gasteiger partial charge in [-0.25, -0.2) is 0 Å². The molecule has 2 rings (SSSR count). The molecule has 0 aliphatic carbocycles. The molecule has 0 aliphatic rings. The van der Waals surface area contributed by atoms with Gasteiger partial charge in [-0.15, -0.1) is 0 Å². The molecule has 1 heterocycles. The Labute approximate surface area is 93.7 Å². The van der Waals surface area contributed by atoms with E-state index in [0.717, 1.165) is 5.56 Å². The SMILES string of the molecule is CC(C)c1cccc(-c2cnoc2N)c1O. The number of benzene rings is 1. The summed E-state index contributed by atoms with van der Waals surface area (Å²) >= 11 is 0. The van der Waals surface area contributed by atoms with Gasteiger partial charge >= 0.3 is 0 Å². The van der Waals surface area contributed by atoms with E-state index in [-0.39, 0.29) is 17.6 Å². The maximum atomic E-state index is 10.1. The third-order valence-electron chi connectivity index (χ3n) is 2.58. The molecule has 0 amide bonds. The number of hydrogen-bond donors (Lipinski definition) is 2. The van der Waals surface area contributed by atoms with Crippen molar-refractivity contribution in [2.24, 2.45) is 0 Å². The fraction of sp³-hybridized carbons (Fsp3) is 0.250. The average molecular weight is 218 g/mol. The van der Waals surface area contributed by atoms with Gasteiger partial charge in [0, 0.05) is 5.56 Å². The van der Waals surface area contributed by atoms with Crippen LogP contribution in [0.25, 0.3) is 11.1 Å². The normalized spacial score (nSPS) is 10.9. The number of aromatic hydroxyl groups is 1. The maximum Gasteiger partial charge on any atom is 0.230 e. The number of phenolic OH excluding ortho intramolecular Hbond substituents is 1. The predicted octanol–water partition coefficient (Wildman–Crippen LogP) is 2.75. The van der Waals surface area contributed by atoms with Crippen molar-refractivity contribution in [1.29, 1.82) is 0 Å². The molecule has 4 nitrogen and oxygen atoms in total. The number of hydrogen-bond acceptors (Lipinski definition) is 4. The van der Waals surface area contributed by atoms with Gasteiger partial charge in [0.1, 0.15) is 5.75 Å². The Morgan fingerprint density at radius 3 is 2.62 bits per heavy atom. The van der Waals surface area contributed by atoms with Gasteiger partial charge in [-0.1, -0.05) is 37.2 Å². The minimum atomic E-state index is 0.219. The molecule has 3 N–H and O–H groups in total. The molecule has 0 saturated heterocycles. The van der Waals surface area contributed by atoms with E-state index in [2.05, 4.69) is 5.16 Å². The minimum absolute atomic E-state index is 0.219. The quantitative estimate of drug-likeness (QED) is 0.812. The zero-order valence-electron chi connectivity index (χ0n) is 9.27. The van der Waals surface area contributed by atoms with Crippen molar-refractivity contribution in [3.05, 3.63) is 30.0 Å². The van der Waals surface area contributed by atoms with Gasteiger partial charge < -0.3 is 15.4 Å². The maximum absolute atomic E-state index is 10.1. The van der Waals surface area contributed by atoms with E-state index in [1.54, 1.807) is 6.07 Å². The fourth-order valence-electron chi connectivity index (χ4n) is 1.70. The number of nitrogens with zero attached hydrogens (tertiary/aromatic N) is 1. The first-order chi connectivity index (χ1) is 7.61. The topological polar surface area (TPSA) is 72.3 Å². The summed E-state index contributed by atoms with van der Waals surface area (Å²) in [5.74, 6) is 0.713. The van der Waals surface area contributed by atoms with Gasteiger partial charge in [0.15, 0.2) is 0 Å². The number of phenols is 1. The summed E-state index contributed by atoms with van der Waals surface area (Å²) in [6.07, 6.45) is 1.51. The standard InChI is InChI=1S/C12H14N2O2/c1-7(2)8-4-3-5-9(11(8)15)10-6-14-16-12(10)13/h3-7,15H,13H2,1-2H3. The number of rotatable bonds is 2. The average Bonchev–Trinajstić information content (AvgIpc) is 2.64. The highest BCUT2D eigenvalue weighted by molar-refractivity contribution is 5.77. The largest absolute Gasteiger partial charge is 0.507 e. The summed E-state index contributed by atoms with van der Waals surface area (Å²) in [6.45, 7) is 4.05. The molecule has 0 spiro atoms. The Balaban J connectivity index is 2.59. The Bertz CT molecular complexity index is 503. The predicted molar refractivity (Wildman–Crippen MR) is 62.1 cm³/mol. The Kier molecular flexibility index (Phi) is 2.56. The summed E-state index contributed by atoms with van der Waals surface area (Å²) < 4.78 is 4.79. The zero-order chi connectivity index (χ0) is 11.7. The highest BCUT2D eigenvalue weighted by Gasteiger charge is 2.15. The smallest absolute Gasteiger partial charge is 0.230 e. The molecule has 0 radical (unpaired) electrons. The Morgan fingerprint density at radius 2 is 2.06 bits per heavy atom. The summed E-state index contributed by atoms with van der Waals surface area (Å²) in [7, 11) is 0. The van der Waals surface area contributed by atoms with E-state index in [9.17, 15) is 5.11 Å². The van der Waals surface area contributed by atoms with E-state index < -0.39 is 0 Å². The van der Waals surface area contributed by atoms with Crippen LogP contribution in [0, 0.1) is 0 Å². The van der Waals surface area contributed by atoms with Crippen molar-refractivity contribution in [3.63, 3.8) is 0 Å². The fourth-order valence-corrected chi connectivity index (χ4v) is 1.70. The lowest BCUT2D eigenvalue weighted by Gasteiger charge is -2.11. The number of nitrogens with two attached hydrogens (primary N) is 1. The van der Waals surface area contributed by atoms with Crippen LogP contribution in [-0.4, -0.2) is 10.3 Å². The van der Waals surface area contributed by atoms with E-state index in [4.69, 9.17) is 10.3 Å². The van der Waals surface area contributed by atoms with Crippen LogP contribution in [0.2, 0.25) is 0 Å². The van der Waals surface area contributed by atoms with Gasteiger partial charge in [0.05, 0.1) is 11.8 Å². The number of para-hydroxylation sites is 1. The van der Waals surface area contributed by atoms with Crippen molar-refractivity contribution in [1.82, 2.24) is 5.16 Å². The molecule has 4 heteroatoms. The molecule has 2 aromatic rings. The molecule has 1 aromatic heterocycles. The van der Waals surface area contributed by atoms with Gasteiger partial charge in [0.2, 0.25) is 5.88 Å². The van der Waals surface area contributed by atoms with Crippen molar-refractivity contribution < 1.29 is 9.63 Å². The van der Waals surface area contributed by atoms with Gasteiger partial charge in [0.25, 0.3) is 0 Å². The molecule has 0 bridgehead atoms. The molecule has 0 fully saturated rings. The molecule has 1 aromatic carbocycles. The highest BCUT2D eigenvalue weighted by Crippen LogP contribution is 2.37. The molecule has 84 valence electrons. The van der Waals surface area contributed by atoms with Gasteiger partial charge in [-0.2, -0.15) is 0 Å². The van der Waals surface area contributed by atoms with Crippen molar-refractivity contribution in [3.8, 4) is 16.9 Å². The monoisotopic (exact) mass is 218 g/mol. The van der Waals surface area contributed by atoms with E-state index in [0.29, 0.717) is 11.1 Å². The summed E-state index contributed by atoms with van der Waals surface area (Å²) in [5.41, 5.74) is 7.80. The lowest BCUT2D eigenvalue weighted by Crippen LogP contribution is -1.91. The Morgan fingerprint density at radius 1 is 1.31 bits per heavy atom. The van der Waals surface area contributed by atoms with Crippen LogP contribution in [0.1, 0.15) is 25.3 Å². The van der Waals surface area contributed by atoms with Gasteiger partial charge in [-0.3, -0.25) is 0 Å². The van der Waals surface area contributed by atoms with Crippen LogP contribution in [0.5, 0.6) is 5.75 Å². The van der Waals surface area contributed by atoms with Crippen LogP contribution >= 0.6 is 0 Å². The van der Waals surface area contributed by atoms with E-state index in [1.807, 2.05) is 26.0 Å². The van der Waals surface area contributed by atoms with Crippen LogP contribution in [0.15, 0.2) is 28.9 Å². The molecule has 0 saturated carbocycles. The summed E-state index contributed by atoms with van der Waals surface area (Å²) in [6, 6.07) is 5.58. The van der Waals surface area contributed by atoms with Crippen molar-refractivity contribution in [2.75, 3.05) is 5.73 Å². The summed E-state index contributed by atoms with van der Waals surface area (Å²) in [5, 5.41) is 13.7. The Hall–Kier alpha value is -1.97. The third kappa shape index (κ3) is 1.62. The van der Waals surface area contributed by atoms with Crippen LogP contribution in [0.3, 0.4) is 0 Å². The van der Waals surface area contributed by atoms with Crippen molar-refractivity contribution in [2.45, 2.75) is 19.8 Å². The molecular formula is C12H14N2O2. The number of nitrogen functional groups attached to an aromatic ring is 1. The second kappa shape index (κ2) is 3.89. The second-order valence-corrected chi connectivity index (χ2v) is 4.00. The molecule has 16 heavy (non-hydrogen) atoms. The highest BCUT2D eigenvalue weighted by atomic mass is 16.5. The lowest BCUT2D eigenvalue weighted by atomic mass is 9.97. The number of aromatic nitrogens is 1. The second-order valence-electron chi connectivity index (χ2n) is 4.00. The van der Waals surface area contributed by atoms with Crippen molar-refractivity contribution >= 4 is 5.88 Å². The van der Waals surface area contributed by atoms with Crippen LogP contribution in [-0.2, 0) is 0 Å². The number of anilines is 1. The molecular weight excluding hydrogens is 204 g/mol. The van der Waals surface area contributed by atoms with E-state index in [1.165, 1.54) is 6.20 Å².